The van der Waals surface area contributed by atoms with Crippen LogP contribution < -0.4 is 9.47 Å². The number of benzene rings is 1. The molecule has 0 radical (unpaired) electrons. The Morgan fingerprint density at radius 3 is 2.05 bits per heavy atom. The quantitative estimate of drug-likeness (QED) is 0.0232. The van der Waals surface area contributed by atoms with Crippen LogP contribution in [0.1, 0.15) is 89.7 Å². The average molecular weight is 1290 g/mol. The van der Waals surface area contributed by atoms with Crippen LogP contribution in [0.3, 0.4) is 0 Å². The summed E-state index contributed by atoms with van der Waals surface area (Å²) in [6.07, 6.45) is 17.1. The summed E-state index contributed by atoms with van der Waals surface area (Å²) in [5.41, 5.74) is 1.46. The Morgan fingerprint density at radius 1 is 0.823 bits per heavy atom. The zero-order chi connectivity index (χ0) is 46.5. The number of nitrogens with zero attached hydrogens (tertiary/aromatic N) is 3. The first kappa shape index (κ1) is 53.1. The van der Waals surface area contributed by atoms with E-state index in [0.29, 0.717) is 67.1 Å². The van der Waals surface area contributed by atoms with Crippen molar-refractivity contribution >= 4 is 145 Å². The summed E-state index contributed by atoms with van der Waals surface area (Å²) in [5, 5.41) is 19.8. The molecule has 3 heterocycles. The summed E-state index contributed by atoms with van der Waals surface area (Å²) in [5.74, 6) is -3.24. The molecule has 4 N–H and O–H groups in total. The number of carbonyl (C=O) groups is 2. The van der Waals surface area contributed by atoms with Gasteiger partial charge in [0, 0.05) is 70.6 Å². The van der Waals surface area contributed by atoms with Gasteiger partial charge in [0.2, 0.25) is 0 Å². The highest BCUT2D eigenvalue weighted by molar-refractivity contribution is 9.15. The maximum absolute atomic E-state index is 13.0. The lowest BCUT2D eigenvalue weighted by Crippen LogP contribution is -2.41. The number of hydrogen-bond donors (Lipinski definition) is 4. The van der Waals surface area contributed by atoms with Crippen LogP contribution in [0.4, 0.5) is 11.5 Å². The van der Waals surface area contributed by atoms with E-state index in [0.717, 1.165) is 38.9 Å². The summed E-state index contributed by atoms with van der Waals surface area (Å²) in [4.78, 5) is 25.7. The fourth-order valence-corrected chi connectivity index (χ4v) is 13.4. The molecule has 0 fully saturated rings. The summed E-state index contributed by atoms with van der Waals surface area (Å²) >= 11 is 21.9. The molecular formula is C41H49Br6N3O10S2+2. The van der Waals surface area contributed by atoms with E-state index in [1.807, 2.05) is 41.3 Å². The number of hydrogen-bond acceptors (Lipinski definition) is 7. The largest absolute Gasteiger partial charge is 0.481 e. The van der Waals surface area contributed by atoms with E-state index >= 15 is 0 Å². The van der Waals surface area contributed by atoms with Gasteiger partial charge in [0.15, 0.2) is 18.1 Å². The Labute approximate surface area is 413 Å². The Hall–Kier alpha value is -1.56. The summed E-state index contributed by atoms with van der Waals surface area (Å²) in [6.45, 7) is 6.15. The molecule has 2 aliphatic rings. The maximum Gasteiger partial charge on any atom is 0.450 e. The van der Waals surface area contributed by atoms with Crippen molar-refractivity contribution in [2.45, 2.75) is 95.9 Å². The van der Waals surface area contributed by atoms with Gasteiger partial charge in [-0.05, 0) is 125 Å². The SMILES string of the molecule is CCCCC(C(=O)O)C1(C)/C(=C/C=C/C=C/C=C/C2=[N+](C)c3c(c(Br)c(Br)c(Br)[n+]3CCCS(=O)(=O)O)C2(C)CCCCCC(=O)O)N(CS(=O)(=O)O)c2cc(Br)c(Br)c(Br)c21. The van der Waals surface area contributed by atoms with Crippen LogP contribution in [0, 0.1) is 5.92 Å². The molecule has 1 aromatic heterocycles. The van der Waals surface area contributed by atoms with E-state index in [-0.39, 0.29) is 19.4 Å². The molecule has 0 bridgehead atoms. The molecule has 4 rings (SSSR count). The number of unbranched alkanes of at least 4 members (excludes halogenated alkanes) is 3. The second-order valence-corrected chi connectivity index (χ2v) is 23.3. The molecule has 13 nitrogen and oxygen atoms in total. The van der Waals surface area contributed by atoms with E-state index in [1.54, 1.807) is 37.3 Å². The van der Waals surface area contributed by atoms with Gasteiger partial charge in [-0.2, -0.15) is 16.8 Å². The molecule has 1 aromatic carbocycles. The fraction of sp³-hybridized carbons (Fsp3) is 0.463. The van der Waals surface area contributed by atoms with Gasteiger partial charge in [0.05, 0.1) is 21.6 Å². The van der Waals surface area contributed by atoms with Gasteiger partial charge >= 0.3 is 17.8 Å². The molecule has 21 heteroatoms. The van der Waals surface area contributed by atoms with Gasteiger partial charge in [0.25, 0.3) is 24.8 Å². The van der Waals surface area contributed by atoms with Gasteiger partial charge in [-0.15, -0.1) is 9.14 Å². The number of carboxylic acid groups (broad SMARTS) is 2. The van der Waals surface area contributed by atoms with Gasteiger partial charge in [-0.3, -0.25) is 18.7 Å². The number of aliphatic carboxylic acids is 2. The maximum atomic E-state index is 13.0. The molecule has 0 spiro atoms. The predicted molar refractivity (Wildman–Crippen MR) is 262 cm³/mol. The first-order valence-corrected chi connectivity index (χ1v) is 27.6. The molecule has 2 aromatic rings. The van der Waals surface area contributed by atoms with Crippen molar-refractivity contribution in [1.82, 2.24) is 0 Å². The second-order valence-electron chi connectivity index (χ2n) is 15.6. The predicted octanol–water partition coefficient (Wildman–Crippen LogP) is 10.9. The lowest BCUT2D eigenvalue weighted by molar-refractivity contribution is -0.746. The smallest absolute Gasteiger partial charge is 0.450 e. The van der Waals surface area contributed by atoms with Crippen molar-refractivity contribution in [3.8, 4) is 0 Å². The Kier molecular flexibility index (Phi) is 18.7. The number of fused-ring (bicyclic) bond motifs is 2. The summed E-state index contributed by atoms with van der Waals surface area (Å²) in [6, 6.07) is 1.71. The monoisotopic (exact) mass is 1280 g/mol. The van der Waals surface area contributed by atoms with Gasteiger partial charge < -0.3 is 15.1 Å². The Morgan fingerprint density at radius 2 is 1.45 bits per heavy atom. The normalized spacial score (nSPS) is 20.4. The topological polar surface area (TPSA) is 193 Å². The van der Waals surface area contributed by atoms with Gasteiger partial charge in [-0.1, -0.05) is 63.0 Å². The van der Waals surface area contributed by atoms with Crippen molar-refractivity contribution in [1.29, 1.82) is 0 Å². The first-order valence-electron chi connectivity index (χ1n) is 19.6. The van der Waals surface area contributed by atoms with Crippen molar-refractivity contribution in [2.75, 3.05) is 23.6 Å². The number of halogens is 6. The van der Waals surface area contributed by atoms with E-state index in [1.165, 1.54) is 4.90 Å². The van der Waals surface area contributed by atoms with Crippen LogP contribution in [-0.2, 0) is 47.2 Å². The van der Waals surface area contributed by atoms with Crippen molar-refractivity contribution in [3.05, 3.63) is 92.4 Å². The number of anilines is 1. The average Bonchev–Trinajstić information content (AvgIpc) is 3.51. The minimum Gasteiger partial charge on any atom is -0.481 e. The third-order valence-electron chi connectivity index (χ3n) is 11.3. The van der Waals surface area contributed by atoms with Crippen LogP contribution in [0.25, 0.3) is 0 Å². The molecule has 340 valence electrons. The molecule has 0 amide bonds. The van der Waals surface area contributed by atoms with Crippen LogP contribution >= 0.6 is 95.6 Å². The highest BCUT2D eigenvalue weighted by Gasteiger charge is 2.55. The number of carboxylic acids is 2. The van der Waals surface area contributed by atoms with Crippen LogP contribution in [0.5, 0.6) is 0 Å². The van der Waals surface area contributed by atoms with Gasteiger partial charge in [-0.25, -0.2) is 0 Å². The molecule has 3 unspecified atom stereocenters. The van der Waals surface area contributed by atoms with Crippen molar-refractivity contribution in [2.24, 2.45) is 5.92 Å². The molecule has 2 aliphatic heterocycles. The molecule has 3 atom stereocenters. The highest BCUT2D eigenvalue weighted by Crippen LogP contribution is 2.58. The third kappa shape index (κ3) is 11.9. The van der Waals surface area contributed by atoms with Crippen LogP contribution in [-0.4, -0.2) is 77.1 Å². The number of allylic oxidation sites excluding steroid dienone is 8. The first-order chi connectivity index (χ1) is 28.8. The zero-order valence-electron chi connectivity index (χ0n) is 34.3. The highest BCUT2D eigenvalue weighted by atomic mass is 79.9. The van der Waals surface area contributed by atoms with E-state index in [4.69, 9.17) is 0 Å². The van der Waals surface area contributed by atoms with Crippen LogP contribution in [0.2, 0.25) is 0 Å². The van der Waals surface area contributed by atoms with Gasteiger partial charge in [0.1, 0.15) is 17.1 Å². The lowest BCUT2D eigenvalue weighted by Gasteiger charge is -2.35. The summed E-state index contributed by atoms with van der Waals surface area (Å²) in [7, 11) is -6.84. The van der Waals surface area contributed by atoms with Crippen molar-refractivity contribution < 1.29 is 54.9 Å². The minimum atomic E-state index is -4.58. The van der Waals surface area contributed by atoms with E-state index in [2.05, 4.69) is 103 Å². The summed E-state index contributed by atoms with van der Waals surface area (Å²) < 4.78 is 75.7. The Balaban J connectivity index is 1.79. The molecular weight excluding hydrogens is 1240 g/mol. The zero-order valence-corrected chi connectivity index (χ0v) is 45.5. The molecule has 0 saturated carbocycles. The minimum absolute atomic E-state index is 0.0749. The molecule has 0 aliphatic carbocycles. The molecule has 0 saturated heterocycles. The fourth-order valence-electron chi connectivity index (χ4n) is 8.48. The Bertz CT molecular complexity index is 2490. The lowest BCUT2D eigenvalue weighted by atomic mass is 9.69. The van der Waals surface area contributed by atoms with Crippen LogP contribution in [0.15, 0.2) is 81.3 Å². The van der Waals surface area contributed by atoms with E-state index in [9.17, 15) is 45.7 Å². The third-order valence-corrected chi connectivity index (χ3v) is 19.5. The van der Waals surface area contributed by atoms with Crippen molar-refractivity contribution in [3.63, 3.8) is 0 Å². The van der Waals surface area contributed by atoms with E-state index < -0.39 is 60.6 Å². The number of aromatic nitrogens is 1. The standard InChI is InChI=1S/C41H47Br6N3O10S2/c1-5-6-16-25(39(53)54)41(3)29(50(24-62(58,59)60)27-23-26(42)33(43)34(44)31(27)41)18-12-9-7-8-11-17-28-40(2,20-14-10-13-19-30(51)52)32-35(45)36(46)37(47)49(38(32)48(28)4)21-15-22-61(55,56)57/h7-9,11-12,17-18,23,25H,5-6,10,13-16,19-22,24H2,1-4H3,(H2-2,51,52,53,54,55,56,57,58,59,60)/p+2. The number of pyridine rings is 1. The number of rotatable bonds is 21. The second kappa shape index (κ2) is 21.8. The molecule has 62 heavy (non-hydrogen) atoms.